The van der Waals surface area contributed by atoms with Crippen molar-refractivity contribution in [2.75, 3.05) is 19.6 Å². The van der Waals surface area contributed by atoms with E-state index in [0.717, 1.165) is 35.7 Å². The predicted molar refractivity (Wildman–Crippen MR) is 122 cm³/mol. The van der Waals surface area contributed by atoms with Crippen LogP contribution in [-0.4, -0.2) is 40.1 Å². The number of fused-ring (bicyclic) bond motifs is 1. The van der Waals surface area contributed by atoms with E-state index in [9.17, 15) is 5.11 Å². The summed E-state index contributed by atoms with van der Waals surface area (Å²) in [5.41, 5.74) is 1.03. The zero-order chi connectivity index (χ0) is 18.4. The Bertz CT molecular complexity index is 827. The number of hydrogen-bond acceptors (Lipinski definition) is 4. The first kappa shape index (κ1) is 21.6. The Balaban J connectivity index is 0.00000261. The number of pyridine rings is 1. The molecule has 0 bridgehead atoms. The molecule has 8 heteroatoms. The molecule has 0 spiro atoms. The van der Waals surface area contributed by atoms with Crippen molar-refractivity contribution in [2.24, 2.45) is 4.99 Å². The van der Waals surface area contributed by atoms with Crippen LogP contribution in [0.2, 0.25) is 0 Å². The third kappa shape index (κ3) is 5.91. The summed E-state index contributed by atoms with van der Waals surface area (Å²) in [4.78, 5) is 10.1. The number of aromatic nitrogens is 2. The van der Waals surface area contributed by atoms with Gasteiger partial charge in [-0.15, -0.1) is 35.3 Å². The van der Waals surface area contributed by atoms with Crippen LogP contribution in [0.25, 0.3) is 5.65 Å². The maximum atomic E-state index is 10.6. The second-order valence-corrected chi connectivity index (χ2v) is 7.27. The van der Waals surface area contributed by atoms with E-state index in [1.165, 1.54) is 0 Å². The summed E-state index contributed by atoms with van der Waals surface area (Å²) in [6.45, 7) is 5.61. The second kappa shape index (κ2) is 10.0. The molecule has 0 saturated carbocycles. The number of aliphatic hydroxyl groups is 1. The van der Waals surface area contributed by atoms with E-state index in [0.29, 0.717) is 12.5 Å². The molecule has 27 heavy (non-hydrogen) atoms. The Morgan fingerprint density at radius 2 is 2.15 bits per heavy atom. The van der Waals surface area contributed by atoms with Gasteiger partial charge < -0.3 is 20.1 Å². The minimum atomic E-state index is -0.960. The predicted octanol–water partition coefficient (Wildman–Crippen LogP) is 3.02. The van der Waals surface area contributed by atoms with Crippen LogP contribution in [0.15, 0.2) is 53.1 Å². The topological polar surface area (TPSA) is 74.0 Å². The molecule has 0 aromatic carbocycles. The molecule has 0 saturated heterocycles. The Morgan fingerprint density at radius 3 is 2.85 bits per heavy atom. The highest BCUT2D eigenvalue weighted by Crippen LogP contribution is 2.25. The highest BCUT2D eigenvalue weighted by atomic mass is 127. The second-order valence-electron chi connectivity index (χ2n) is 6.32. The van der Waals surface area contributed by atoms with Gasteiger partial charge in [-0.25, -0.2) is 9.98 Å². The fourth-order valence-corrected chi connectivity index (χ4v) is 3.43. The number of hydrogen-bond donors (Lipinski definition) is 3. The van der Waals surface area contributed by atoms with Gasteiger partial charge in [-0.05, 0) is 37.4 Å². The number of thiophene rings is 1. The van der Waals surface area contributed by atoms with Crippen molar-refractivity contribution >= 4 is 46.9 Å². The lowest BCUT2D eigenvalue weighted by atomic mass is 10.1. The van der Waals surface area contributed by atoms with Gasteiger partial charge >= 0.3 is 0 Å². The summed E-state index contributed by atoms with van der Waals surface area (Å²) in [6, 6.07) is 9.85. The van der Waals surface area contributed by atoms with Gasteiger partial charge in [0.05, 0.1) is 12.2 Å². The molecule has 6 nitrogen and oxygen atoms in total. The normalized spacial score (nSPS) is 13.8. The van der Waals surface area contributed by atoms with Crippen molar-refractivity contribution in [2.45, 2.75) is 25.9 Å². The molecule has 0 aliphatic rings. The van der Waals surface area contributed by atoms with E-state index >= 15 is 0 Å². The van der Waals surface area contributed by atoms with Crippen LogP contribution in [0, 0.1) is 0 Å². The fraction of sp³-hybridized carbons (Fsp3) is 0.368. The highest BCUT2D eigenvalue weighted by molar-refractivity contribution is 14.0. The Kier molecular flexibility index (Phi) is 8.06. The molecule has 146 valence electrons. The third-order valence-corrected chi connectivity index (χ3v) is 5.15. The van der Waals surface area contributed by atoms with Crippen LogP contribution < -0.4 is 10.6 Å². The molecule has 0 fully saturated rings. The number of aliphatic imine (C=N–C) groups is 1. The standard InChI is InChI=1S/C19H25N5OS.HI/c1-3-20-18(22-14-19(2,25)16-7-6-12-26-16)21-10-9-15-13-24-11-5-4-8-17(24)23-15;/h4-8,11-13,25H,3,9-10,14H2,1-2H3,(H2,20,21,22);1H. The van der Waals surface area contributed by atoms with Crippen molar-refractivity contribution in [1.82, 2.24) is 20.0 Å². The van der Waals surface area contributed by atoms with Crippen molar-refractivity contribution in [1.29, 1.82) is 0 Å². The molecule has 3 aromatic heterocycles. The summed E-state index contributed by atoms with van der Waals surface area (Å²) < 4.78 is 2.02. The van der Waals surface area contributed by atoms with Crippen LogP contribution in [0.5, 0.6) is 0 Å². The molecule has 3 rings (SSSR count). The van der Waals surface area contributed by atoms with Crippen molar-refractivity contribution in [3.63, 3.8) is 0 Å². The largest absolute Gasteiger partial charge is 0.383 e. The van der Waals surface area contributed by atoms with Gasteiger partial charge in [0.2, 0.25) is 0 Å². The molecule has 3 aromatic rings. The monoisotopic (exact) mass is 499 g/mol. The average molecular weight is 499 g/mol. The third-order valence-electron chi connectivity index (χ3n) is 4.03. The van der Waals surface area contributed by atoms with Crippen LogP contribution >= 0.6 is 35.3 Å². The van der Waals surface area contributed by atoms with Crippen LogP contribution in [0.1, 0.15) is 24.4 Å². The minimum Gasteiger partial charge on any atom is -0.383 e. The average Bonchev–Trinajstić information content (AvgIpc) is 3.29. The summed E-state index contributed by atoms with van der Waals surface area (Å²) in [5, 5.41) is 19.1. The van der Waals surface area contributed by atoms with Gasteiger partial charge in [0.1, 0.15) is 11.2 Å². The van der Waals surface area contributed by atoms with E-state index in [1.807, 2.05) is 59.4 Å². The zero-order valence-electron chi connectivity index (χ0n) is 15.6. The molecular weight excluding hydrogens is 473 g/mol. The summed E-state index contributed by atoms with van der Waals surface area (Å²) in [6.07, 6.45) is 4.84. The number of nitrogens with one attached hydrogen (secondary N) is 2. The quantitative estimate of drug-likeness (QED) is 0.266. The SMILES string of the molecule is CCNC(=NCC(C)(O)c1cccs1)NCCc1cn2ccccc2n1.I. The smallest absolute Gasteiger partial charge is 0.191 e. The lowest BCUT2D eigenvalue weighted by Crippen LogP contribution is -2.39. The fourth-order valence-electron chi connectivity index (χ4n) is 2.65. The summed E-state index contributed by atoms with van der Waals surface area (Å²) in [7, 11) is 0. The maximum absolute atomic E-state index is 10.6. The number of nitrogens with zero attached hydrogens (tertiary/aromatic N) is 3. The Hall–Kier alpha value is -1.65. The van der Waals surface area contributed by atoms with Gasteiger partial charge in [0.25, 0.3) is 0 Å². The number of imidazole rings is 1. The first-order chi connectivity index (χ1) is 12.6. The van der Waals surface area contributed by atoms with Gasteiger partial charge in [-0.1, -0.05) is 12.1 Å². The van der Waals surface area contributed by atoms with Crippen molar-refractivity contribution < 1.29 is 5.11 Å². The summed E-state index contributed by atoms with van der Waals surface area (Å²) >= 11 is 1.54. The molecule has 0 radical (unpaired) electrons. The molecular formula is C19H26IN5OS. The Morgan fingerprint density at radius 1 is 1.30 bits per heavy atom. The van der Waals surface area contributed by atoms with Gasteiger partial charge in [-0.3, -0.25) is 0 Å². The van der Waals surface area contributed by atoms with E-state index in [1.54, 1.807) is 18.3 Å². The van der Waals surface area contributed by atoms with Crippen molar-refractivity contribution in [3.05, 3.63) is 58.7 Å². The first-order valence-electron chi connectivity index (χ1n) is 8.79. The molecule has 1 atom stereocenters. The van der Waals surface area contributed by atoms with Gasteiger partial charge in [-0.2, -0.15) is 0 Å². The number of rotatable bonds is 7. The van der Waals surface area contributed by atoms with E-state index in [2.05, 4.69) is 20.6 Å². The van der Waals surface area contributed by atoms with Crippen molar-refractivity contribution in [3.8, 4) is 0 Å². The number of guanidine groups is 1. The van der Waals surface area contributed by atoms with Gasteiger partial charge in [0, 0.05) is 36.8 Å². The Labute approximate surface area is 180 Å². The van der Waals surface area contributed by atoms with E-state index < -0.39 is 5.60 Å². The minimum absolute atomic E-state index is 0. The number of halogens is 1. The van der Waals surface area contributed by atoms with Gasteiger partial charge in [0.15, 0.2) is 5.96 Å². The van der Waals surface area contributed by atoms with Crippen LogP contribution in [0.3, 0.4) is 0 Å². The maximum Gasteiger partial charge on any atom is 0.191 e. The molecule has 1 unspecified atom stereocenters. The molecule has 0 amide bonds. The highest BCUT2D eigenvalue weighted by Gasteiger charge is 2.23. The molecule has 0 aliphatic heterocycles. The molecule has 3 N–H and O–H groups in total. The van der Waals surface area contributed by atoms with E-state index in [4.69, 9.17) is 0 Å². The van der Waals surface area contributed by atoms with Crippen LogP contribution in [-0.2, 0) is 12.0 Å². The zero-order valence-corrected chi connectivity index (χ0v) is 18.7. The lowest BCUT2D eigenvalue weighted by Gasteiger charge is -2.20. The van der Waals surface area contributed by atoms with Crippen LogP contribution in [0.4, 0.5) is 0 Å². The summed E-state index contributed by atoms with van der Waals surface area (Å²) in [5.74, 6) is 0.702. The molecule has 0 aliphatic carbocycles. The first-order valence-corrected chi connectivity index (χ1v) is 9.67. The molecule has 3 heterocycles. The van der Waals surface area contributed by atoms with E-state index in [-0.39, 0.29) is 24.0 Å². The lowest BCUT2D eigenvalue weighted by molar-refractivity contribution is 0.0711.